The number of nitrogens with zero attached hydrogens (tertiary/aromatic N) is 1. The van der Waals surface area contributed by atoms with E-state index < -0.39 is 11.4 Å². The topological polar surface area (TPSA) is 65.3 Å². The Kier molecular flexibility index (Phi) is 5.90. The van der Waals surface area contributed by atoms with Crippen LogP contribution in [0.15, 0.2) is 18.2 Å². The molecule has 104 valence electrons. The molecule has 4 nitrogen and oxygen atoms in total. The van der Waals surface area contributed by atoms with Crippen LogP contribution in [0.5, 0.6) is 0 Å². The molecule has 0 bridgehead atoms. The first-order valence-corrected chi connectivity index (χ1v) is 6.09. The van der Waals surface area contributed by atoms with Crippen molar-refractivity contribution in [2.75, 3.05) is 20.3 Å². The lowest BCUT2D eigenvalue weighted by molar-refractivity contribution is 0.0247. The minimum absolute atomic E-state index is 0.299. The summed E-state index contributed by atoms with van der Waals surface area (Å²) in [6.45, 7) is 2.82. The van der Waals surface area contributed by atoms with Crippen LogP contribution < -0.4 is 5.32 Å². The Morgan fingerprint density at radius 2 is 2.26 bits per heavy atom. The van der Waals surface area contributed by atoms with E-state index >= 15 is 0 Å². The summed E-state index contributed by atoms with van der Waals surface area (Å²) in [5, 5.41) is 21.6. The number of rotatable bonds is 7. The molecule has 0 aromatic heterocycles. The largest absolute Gasteiger partial charge is 0.389 e. The first-order valence-electron chi connectivity index (χ1n) is 6.09. The number of aliphatic hydroxyl groups is 1. The van der Waals surface area contributed by atoms with Gasteiger partial charge in [-0.15, -0.1) is 0 Å². The lowest BCUT2D eigenvalue weighted by atomic mass is 10.0. The third-order valence-corrected chi connectivity index (χ3v) is 2.85. The van der Waals surface area contributed by atoms with Gasteiger partial charge in [0.25, 0.3) is 0 Å². The van der Waals surface area contributed by atoms with Crippen molar-refractivity contribution in [3.8, 4) is 6.07 Å². The number of hydrogen-bond acceptors (Lipinski definition) is 4. The molecule has 0 amide bonds. The normalized spacial score (nSPS) is 13.8. The number of halogens is 1. The number of hydrogen-bond donors (Lipinski definition) is 2. The van der Waals surface area contributed by atoms with Crippen molar-refractivity contribution in [3.63, 3.8) is 0 Å². The van der Waals surface area contributed by atoms with Gasteiger partial charge in [0.15, 0.2) is 0 Å². The van der Waals surface area contributed by atoms with E-state index in [0.717, 1.165) is 0 Å². The van der Waals surface area contributed by atoms with Gasteiger partial charge >= 0.3 is 0 Å². The van der Waals surface area contributed by atoms with E-state index in [4.69, 9.17) is 10.00 Å². The number of nitriles is 1. The summed E-state index contributed by atoms with van der Waals surface area (Å²) in [4.78, 5) is 0. The molecular weight excluding hydrogens is 247 g/mol. The average molecular weight is 266 g/mol. The molecule has 0 spiro atoms. The summed E-state index contributed by atoms with van der Waals surface area (Å²) in [5.74, 6) is -0.414. The Morgan fingerprint density at radius 1 is 1.53 bits per heavy atom. The summed E-state index contributed by atoms with van der Waals surface area (Å²) in [6, 6.07) is 6.24. The van der Waals surface area contributed by atoms with Gasteiger partial charge in [-0.1, -0.05) is 6.07 Å². The minimum atomic E-state index is -0.890. The van der Waals surface area contributed by atoms with E-state index in [1.54, 1.807) is 26.2 Å². The van der Waals surface area contributed by atoms with Gasteiger partial charge in [0.05, 0.1) is 17.2 Å². The van der Waals surface area contributed by atoms with Gasteiger partial charge in [-0.05, 0) is 19.1 Å². The van der Waals surface area contributed by atoms with Crippen molar-refractivity contribution in [1.29, 1.82) is 5.26 Å². The lowest BCUT2D eigenvalue weighted by Gasteiger charge is -2.23. The monoisotopic (exact) mass is 266 g/mol. The highest BCUT2D eigenvalue weighted by Gasteiger charge is 2.19. The standard InChI is InChI=1S/C14H19FN2O2/c1-14(18,5-6-19-2)10-17-9-12-4-3-11(8-16)7-13(12)15/h3-4,7,17-18H,5-6,9-10H2,1-2H3. The van der Waals surface area contributed by atoms with Gasteiger partial charge in [0.2, 0.25) is 0 Å². The third-order valence-electron chi connectivity index (χ3n) is 2.85. The van der Waals surface area contributed by atoms with Crippen LogP contribution in [0.1, 0.15) is 24.5 Å². The summed E-state index contributed by atoms with van der Waals surface area (Å²) in [7, 11) is 1.58. The van der Waals surface area contributed by atoms with Gasteiger partial charge < -0.3 is 15.2 Å². The van der Waals surface area contributed by atoms with Gasteiger partial charge in [-0.2, -0.15) is 5.26 Å². The zero-order valence-electron chi connectivity index (χ0n) is 11.2. The highest BCUT2D eigenvalue weighted by atomic mass is 19.1. The fourth-order valence-electron chi connectivity index (χ4n) is 1.64. The van der Waals surface area contributed by atoms with Crippen LogP contribution in [0.4, 0.5) is 4.39 Å². The molecule has 2 N–H and O–H groups in total. The van der Waals surface area contributed by atoms with Crippen molar-refractivity contribution in [1.82, 2.24) is 5.32 Å². The number of ether oxygens (including phenoxy) is 1. The maximum atomic E-state index is 13.6. The van der Waals surface area contributed by atoms with Gasteiger partial charge in [0.1, 0.15) is 5.82 Å². The van der Waals surface area contributed by atoms with Crippen molar-refractivity contribution in [2.24, 2.45) is 0 Å². The predicted molar refractivity (Wildman–Crippen MR) is 69.9 cm³/mol. The first kappa shape index (κ1) is 15.6. The molecule has 0 aliphatic heterocycles. The first-order chi connectivity index (χ1) is 8.98. The maximum Gasteiger partial charge on any atom is 0.129 e. The molecule has 5 heteroatoms. The fraction of sp³-hybridized carbons (Fsp3) is 0.500. The Balaban J connectivity index is 2.47. The molecule has 1 rings (SSSR count). The predicted octanol–water partition coefficient (Wildman–Crippen LogP) is 1.57. The molecule has 1 atom stereocenters. The fourth-order valence-corrected chi connectivity index (χ4v) is 1.64. The maximum absolute atomic E-state index is 13.6. The zero-order valence-corrected chi connectivity index (χ0v) is 11.2. The van der Waals surface area contributed by atoms with E-state index in [9.17, 15) is 9.50 Å². The Labute approximate surface area is 112 Å². The van der Waals surface area contributed by atoms with E-state index in [0.29, 0.717) is 37.2 Å². The Morgan fingerprint density at radius 3 is 2.84 bits per heavy atom. The smallest absolute Gasteiger partial charge is 0.129 e. The highest BCUT2D eigenvalue weighted by Crippen LogP contribution is 2.11. The Hall–Kier alpha value is -1.48. The second-order valence-corrected chi connectivity index (χ2v) is 4.76. The van der Waals surface area contributed by atoms with E-state index in [1.165, 1.54) is 6.07 Å². The van der Waals surface area contributed by atoms with Crippen molar-refractivity contribution in [3.05, 3.63) is 35.1 Å². The van der Waals surface area contributed by atoms with Crippen LogP contribution in [-0.4, -0.2) is 31.0 Å². The number of nitrogens with one attached hydrogen (secondary N) is 1. The molecule has 1 aromatic carbocycles. The van der Waals surface area contributed by atoms with Gasteiger partial charge in [-0.3, -0.25) is 0 Å². The quantitative estimate of drug-likeness (QED) is 0.786. The summed E-state index contributed by atoms with van der Waals surface area (Å²) in [5.41, 5.74) is -0.117. The second kappa shape index (κ2) is 7.19. The molecule has 0 radical (unpaired) electrons. The summed E-state index contributed by atoms with van der Waals surface area (Å²) < 4.78 is 18.5. The average Bonchev–Trinajstić information content (AvgIpc) is 2.38. The van der Waals surface area contributed by atoms with Crippen molar-refractivity contribution in [2.45, 2.75) is 25.5 Å². The van der Waals surface area contributed by atoms with Crippen LogP contribution in [0, 0.1) is 17.1 Å². The molecule has 0 aliphatic rings. The molecule has 0 fully saturated rings. The van der Waals surface area contributed by atoms with Crippen molar-refractivity contribution >= 4 is 0 Å². The highest BCUT2D eigenvalue weighted by molar-refractivity contribution is 5.32. The van der Waals surface area contributed by atoms with E-state index in [-0.39, 0.29) is 0 Å². The van der Waals surface area contributed by atoms with Crippen LogP contribution in [0.2, 0.25) is 0 Å². The zero-order chi connectivity index (χ0) is 14.3. The van der Waals surface area contributed by atoms with Crippen LogP contribution in [0.25, 0.3) is 0 Å². The summed E-state index contributed by atoms with van der Waals surface area (Å²) >= 11 is 0. The van der Waals surface area contributed by atoms with Crippen LogP contribution in [0.3, 0.4) is 0 Å². The van der Waals surface area contributed by atoms with Gasteiger partial charge in [0, 0.05) is 38.8 Å². The van der Waals surface area contributed by atoms with Gasteiger partial charge in [-0.25, -0.2) is 4.39 Å². The van der Waals surface area contributed by atoms with E-state index in [2.05, 4.69) is 5.32 Å². The Bertz CT molecular complexity index is 455. The molecule has 0 saturated heterocycles. The minimum Gasteiger partial charge on any atom is -0.389 e. The SMILES string of the molecule is COCCC(C)(O)CNCc1ccc(C#N)cc1F. The van der Waals surface area contributed by atoms with Crippen LogP contribution >= 0.6 is 0 Å². The molecular formula is C14H19FN2O2. The number of methoxy groups -OCH3 is 1. The molecule has 1 aromatic rings. The molecule has 0 saturated carbocycles. The number of benzene rings is 1. The van der Waals surface area contributed by atoms with E-state index in [1.807, 2.05) is 6.07 Å². The molecule has 0 aliphatic carbocycles. The molecule has 19 heavy (non-hydrogen) atoms. The molecule has 1 unspecified atom stereocenters. The second-order valence-electron chi connectivity index (χ2n) is 4.76. The van der Waals surface area contributed by atoms with Crippen LogP contribution in [-0.2, 0) is 11.3 Å². The molecule has 0 heterocycles. The van der Waals surface area contributed by atoms with Crippen molar-refractivity contribution < 1.29 is 14.2 Å². The third kappa shape index (κ3) is 5.35. The summed E-state index contributed by atoms with van der Waals surface area (Å²) in [6.07, 6.45) is 0.506. The lowest BCUT2D eigenvalue weighted by Crippen LogP contribution is -2.38.